The molecule has 1 aliphatic heterocycles. The predicted octanol–water partition coefficient (Wildman–Crippen LogP) is 2.31. The minimum absolute atomic E-state index is 0.234. The first kappa shape index (κ1) is 10.4. The summed E-state index contributed by atoms with van der Waals surface area (Å²) in [7, 11) is 0. The first-order valence-corrected chi connectivity index (χ1v) is 6.66. The molecule has 4 heteroatoms. The lowest BCUT2D eigenvalue weighted by atomic mass is 9.53. The first-order chi connectivity index (χ1) is 8.85. The van der Waals surface area contributed by atoms with E-state index < -0.39 is 0 Å². The van der Waals surface area contributed by atoms with Gasteiger partial charge in [0.15, 0.2) is 0 Å². The SMILES string of the molecule is C1=CC(C2(Cn3cncn3)CCC23CC3)=COC1. The Labute approximate surface area is 106 Å². The molecular formula is C14H17N3O. The summed E-state index contributed by atoms with van der Waals surface area (Å²) in [6.45, 7) is 1.64. The van der Waals surface area contributed by atoms with Crippen molar-refractivity contribution in [3.63, 3.8) is 0 Å². The topological polar surface area (TPSA) is 39.9 Å². The number of ether oxygens (including phenoxy) is 1. The van der Waals surface area contributed by atoms with Crippen LogP contribution < -0.4 is 0 Å². The van der Waals surface area contributed by atoms with Gasteiger partial charge in [-0.3, -0.25) is 4.68 Å². The van der Waals surface area contributed by atoms with E-state index in [1.165, 1.54) is 31.3 Å². The van der Waals surface area contributed by atoms with Crippen molar-refractivity contribution in [2.45, 2.75) is 32.2 Å². The molecule has 0 saturated heterocycles. The highest BCUT2D eigenvalue weighted by Crippen LogP contribution is 2.74. The van der Waals surface area contributed by atoms with Gasteiger partial charge in [0.05, 0.1) is 12.8 Å². The van der Waals surface area contributed by atoms with E-state index in [2.05, 4.69) is 22.2 Å². The van der Waals surface area contributed by atoms with Crippen LogP contribution in [0.25, 0.3) is 0 Å². The van der Waals surface area contributed by atoms with Crippen molar-refractivity contribution in [1.82, 2.24) is 14.8 Å². The summed E-state index contributed by atoms with van der Waals surface area (Å²) >= 11 is 0. The lowest BCUT2D eigenvalue weighted by molar-refractivity contribution is 0.0218. The smallest absolute Gasteiger partial charge is 0.137 e. The van der Waals surface area contributed by atoms with Gasteiger partial charge in [-0.2, -0.15) is 5.10 Å². The van der Waals surface area contributed by atoms with Crippen LogP contribution in [0.3, 0.4) is 0 Å². The zero-order chi connectivity index (χ0) is 12.1. The highest BCUT2D eigenvalue weighted by molar-refractivity contribution is 5.36. The Balaban J connectivity index is 1.70. The van der Waals surface area contributed by atoms with Crippen LogP contribution in [0.1, 0.15) is 25.7 Å². The largest absolute Gasteiger partial charge is 0.497 e. The normalized spacial score (nSPS) is 31.7. The predicted molar refractivity (Wildman–Crippen MR) is 66.5 cm³/mol. The Morgan fingerprint density at radius 2 is 2.17 bits per heavy atom. The molecule has 18 heavy (non-hydrogen) atoms. The minimum Gasteiger partial charge on any atom is -0.497 e. The minimum atomic E-state index is 0.234. The number of aromatic nitrogens is 3. The van der Waals surface area contributed by atoms with Crippen molar-refractivity contribution in [2.24, 2.45) is 10.8 Å². The second kappa shape index (κ2) is 3.46. The van der Waals surface area contributed by atoms with Gasteiger partial charge in [0.2, 0.25) is 0 Å². The summed E-state index contributed by atoms with van der Waals surface area (Å²) in [5.74, 6) is 0. The number of hydrogen-bond donors (Lipinski definition) is 0. The van der Waals surface area contributed by atoms with Crippen LogP contribution in [0.2, 0.25) is 0 Å². The second-order valence-corrected chi connectivity index (χ2v) is 5.76. The van der Waals surface area contributed by atoms with Crippen LogP contribution >= 0.6 is 0 Å². The van der Waals surface area contributed by atoms with Crippen molar-refractivity contribution >= 4 is 0 Å². The van der Waals surface area contributed by atoms with E-state index in [0.29, 0.717) is 12.0 Å². The lowest BCUT2D eigenvalue weighted by Gasteiger charge is -2.52. The molecule has 0 radical (unpaired) electrons. The van der Waals surface area contributed by atoms with Crippen LogP contribution in [0.15, 0.2) is 36.6 Å². The summed E-state index contributed by atoms with van der Waals surface area (Å²) in [5.41, 5.74) is 2.11. The fourth-order valence-corrected chi connectivity index (χ4v) is 3.72. The van der Waals surface area contributed by atoms with E-state index in [-0.39, 0.29) is 5.41 Å². The fourth-order valence-electron chi connectivity index (χ4n) is 3.72. The van der Waals surface area contributed by atoms with E-state index in [4.69, 9.17) is 4.74 Å². The molecular weight excluding hydrogens is 226 g/mol. The van der Waals surface area contributed by atoms with Crippen LogP contribution in [0.5, 0.6) is 0 Å². The number of rotatable bonds is 3. The van der Waals surface area contributed by atoms with E-state index in [0.717, 1.165) is 6.54 Å². The quantitative estimate of drug-likeness (QED) is 0.818. The van der Waals surface area contributed by atoms with Gasteiger partial charge in [0.25, 0.3) is 0 Å². The fraction of sp³-hybridized carbons (Fsp3) is 0.571. The van der Waals surface area contributed by atoms with Crippen LogP contribution in [0.4, 0.5) is 0 Å². The summed E-state index contributed by atoms with van der Waals surface area (Å²) in [4.78, 5) is 4.06. The maximum Gasteiger partial charge on any atom is 0.137 e. The third-order valence-corrected chi connectivity index (χ3v) is 5.05. The van der Waals surface area contributed by atoms with Crippen molar-refractivity contribution in [3.05, 3.63) is 36.6 Å². The average Bonchev–Trinajstić information content (AvgIpc) is 3.10. The molecule has 2 saturated carbocycles. The van der Waals surface area contributed by atoms with Crippen molar-refractivity contribution in [1.29, 1.82) is 0 Å². The first-order valence-electron chi connectivity index (χ1n) is 6.66. The third-order valence-electron chi connectivity index (χ3n) is 5.05. The number of allylic oxidation sites excluding steroid dienone is 2. The zero-order valence-electron chi connectivity index (χ0n) is 10.4. The van der Waals surface area contributed by atoms with Crippen molar-refractivity contribution < 1.29 is 4.74 Å². The standard InChI is InChI=1S/C14H17N3O/c1-2-12(8-18-7-1)14(6-5-13(14)3-4-13)9-17-11-15-10-16-17/h1-2,8,10-11H,3-7,9H2. The Kier molecular flexibility index (Phi) is 1.99. The van der Waals surface area contributed by atoms with E-state index in [1.807, 2.05) is 17.3 Å². The molecule has 94 valence electrons. The van der Waals surface area contributed by atoms with Gasteiger partial charge in [-0.15, -0.1) is 0 Å². The van der Waals surface area contributed by atoms with Crippen LogP contribution in [0, 0.1) is 10.8 Å². The van der Waals surface area contributed by atoms with Crippen LogP contribution in [-0.2, 0) is 11.3 Å². The molecule has 1 atom stereocenters. The molecule has 1 aromatic heterocycles. The maximum absolute atomic E-state index is 5.51. The third kappa shape index (κ3) is 1.26. The van der Waals surface area contributed by atoms with E-state index in [9.17, 15) is 0 Å². The van der Waals surface area contributed by atoms with Crippen molar-refractivity contribution in [3.8, 4) is 0 Å². The molecule has 2 heterocycles. The summed E-state index contributed by atoms with van der Waals surface area (Å²) in [5, 5.41) is 4.28. The molecule has 2 aliphatic carbocycles. The lowest BCUT2D eigenvalue weighted by Crippen LogP contribution is -2.47. The Morgan fingerprint density at radius 1 is 1.28 bits per heavy atom. The maximum atomic E-state index is 5.51. The monoisotopic (exact) mass is 243 g/mol. The van der Waals surface area contributed by atoms with Gasteiger partial charge in [0.1, 0.15) is 19.3 Å². The molecule has 1 unspecified atom stereocenters. The molecule has 4 nitrogen and oxygen atoms in total. The molecule has 2 fully saturated rings. The zero-order valence-corrected chi connectivity index (χ0v) is 10.4. The highest BCUT2D eigenvalue weighted by Gasteiger charge is 2.66. The summed E-state index contributed by atoms with van der Waals surface area (Å²) < 4.78 is 7.48. The van der Waals surface area contributed by atoms with E-state index in [1.54, 1.807) is 6.33 Å². The molecule has 0 aromatic carbocycles. The molecule has 1 spiro atoms. The average molecular weight is 243 g/mol. The number of nitrogens with zero attached hydrogens (tertiary/aromatic N) is 3. The van der Waals surface area contributed by atoms with Gasteiger partial charge in [-0.05, 0) is 42.7 Å². The van der Waals surface area contributed by atoms with E-state index >= 15 is 0 Å². The van der Waals surface area contributed by atoms with Gasteiger partial charge in [0, 0.05) is 5.41 Å². The number of hydrogen-bond acceptors (Lipinski definition) is 3. The highest BCUT2D eigenvalue weighted by atomic mass is 16.5. The van der Waals surface area contributed by atoms with Gasteiger partial charge in [-0.25, -0.2) is 4.98 Å². The Hall–Kier alpha value is -1.58. The molecule has 4 rings (SSSR count). The molecule has 1 aromatic rings. The van der Waals surface area contributed by atoms with Gasteiger partial charge >= 0.3 is 0 Å². The van der Waals surface area contributed by atoms with Gasteiger partial charge in [-0.1, -0.05) is 6.08 Å². The van der Waals surface area contributed by atoms with Crippen molar-refractivity contribution in [2.75, 3.05) is 6.61 Å². The van der Waals surface area contributed by atoms with Crippen LogP contribution in [-0.4, -0.2) is 21.4 Å². The second-order valence-electron chi connectivity index (χ2n) is 5.76. The van der Waals surface area contributed by atoms with Gasteiger partial charge < -0.3 is 4.74 Å². The Bertz CT molecular complexity index is 513. The molecule has 0 N–H and O–H groups in total. The summed E-state index contributed by atoms with van der Waals surface area (Å²) in [6, 6.07) is 0. The molecule has 0 amide bonds. The Morgan fingerprint density at radius 3 is 2.72 bits per heavy atom. The molecule has 3 aliphatic rings. The summed E-state index contributed by atoms with van der Waals surface area (Å²) in [6.07, 6.45) is 15.1. The molecule has 0 bridgehead atoms.